The minimum Gasteiger partial charge on any atom is -0.382 e. The van der Waals surface area contributed by atoms with Crippen LogP contribution in [0, 0.1) is 0 Å². The van der Waals surface area contributed by atoms with Crippen LogP contribution in [0.4, 0.5) is 13.2 Å². The molecular formula is C21H17Cl2F3N8O3. The molecular weight excluding hydrogens is 540 g/mol. The lowest BCUT2D eigenvalue weighted by atomic mass is 10.2. The molecule has 0 saturated carbocycles. The van der Waals surface area contributed by atoms with Crippen molar-refractivity contribution < 1.29 is 23.1 Å². The molecule has 1 aromatic carbocycles. The fraction of sp³-hybridized carbons (Fsp3) is 0.238. The molecule has 3 N–H and O–H groups in total. The van der Waals surface area contributed by atoms with E-state index in [-0.39, 0.29) is 33.7 Å². The normalized spacial score (nSPS) is 12.6. The highest BCUT2D eigenvalue weighted by molar-refractivity contribution is 6.32. The number of aliphatic hydroxyl groups excluding tert-OH is 1. The van der Waals surface area contributed by atoms with Crippen LogP contribution < -0.4 is 11.4 Å². The molecule has 194 valence electrons. The van der Waals surface area contributed by atoms with Gasteiger partial charge in [-0.2, -0.15) is 13.2 Å². The van der Waals surface area contributed by atoms with Gasteiger partial charge in [-0.1, -0.05) is 23.2 Å². The quantitative estimate of drug-likeness (QED) is 0.313. The van der Waals surface area contributed by atoms with Crippen LogP contribution in [-0.4, -0.2) is 63.8 Å². The van der Waals surface area contributed by atoms with Gasteiger partial charge < -0.3 is 10.8 Å². The molecule has 4 aromatic rings. The van der Waals surface area contributed by atoms with Crippen molar-refractivity contribution in [1.29, 1.82) is 0 Å². The van der Waals surface area contributed by atoms with Gasteiger partial charge in [0.1, 0.15) is 12.2 Å². The zero-order valence-corrected chi connectivity index (χ0v) is 20.1. The number of carbonyl (C=O) groups excluding carboxylic acids is 1. The number of pyridine rings is 1. The summed E-state index contributed by atoms with van der Waals surface area (Å²) in [6.07, 6.45) is -5.03. The maximum absolute atomic E-state index is 13.1. The highest BCUT2D eigenvalue weighted by Crippen LogP contribution is 2.24. The van der Waals surface area contributed by atoms with Crippen LogP contribution in [0.15, 0.2) is 47.5 Å². The van der Waals surface area contributed by atoms with Crippen LogP contribution in [0.5, 0.6) is 0 Å². The van der Waals surface area contributed by atoms with Crippen molar-refractivity contribution in [2.45, 2.75) is 25.4 Å². The molecule has 0 aliphatic rings. The molecule has 0 spiro atoms. The van der Waals surface area contributed by atoms with Gasteiger partial charge in [0.15, 0.2) is 17.8 Å². The third-order valence-corrected chi connectivity index (χ3v) is 5.68. The van der Waals surface area contributed by atoms with Gasteiger partial charge in [0.05, 0.1) is 24.3 Å². The maximum atomic E-state index is 13.1. The number of hydrogen-bond acceptors (Lipinski definition) is 8. The smallest absolute Gasteiger partial charge is 0.382 e. The first kappa shape index (κ1) is 26.5. The SMILES string of the molecule is NCC(=O)c1nc(Cn2nc(-c3ccc(Cl)cc3)n(C[C@H](O)C(F)(F)F)c2=O)nn1-c1cnccc1Cl. The highest BCUT2D eigenvalue weighted by Gasteiger charge is 2.39. The zero-order valence-electron chi connectivity index (χ0n) is 18.6. The Morgan fingerprint density at radius 2 is 1.84 bits per heavy atom. The second kappa shape index (κ2) is 10.4. The number of alkyl halides is 3. The number of nitrogens with zero attached hydrogens (tertiary/aromatic N) is 7. The van der Waals surface area contributed by atoms with E-state index in [1.807, 2.05) is 0 Å². The number of ketones is 1. The number of aliphatic hydroxyl groups is 1. The molecule has 0 unspecified atom stereocenters. The van der Waals surface area contributed by atoms with Gasteiger partial charge in [-0.3, -0.25) is 14.3 Å². The number of Topliss-reactive ketones (excluding diaryl/α,β-unsaturated/α-hetero) is 1. The first-order valence-electron chi connectivity index (χ1n) is 10.5. The molecule has 0 aliphatic carbocycles. The molecule has 0 bridgehead atoms. The molecule has 0 aliphatic heterocycles. The lowest BCUT2D eigenvalue weighted by Crippen LogP contribution is -2.37. The molecule has 0 amide bonds. The largest absolute Gasteiger partial charge is 0.416 e. The summed E-state index contributed by atoms with van der Waals surface area (Å²) in [6.45, 7) is -1.94. The van der Waals surface area contributed by atoms with Crippen molar-refractivity contribution in [3.63, 3.8) is 0 Å². The Labute approximate surface area is 215 Å². The fourth-order valence-electron chi connectivity index (χ4n) is 3.32. The topological polar surface area (TPSA) is 147 Å². The van der Waals surface area contributed by atoms with Crippen LogP contribution in [-0.2, 0) is 13.1 Å². The first-order valence-corrected chi connectivity index (χ1v) is 11.2. The Hall–Kier alpha value is -3.59. The summed E-state index contributed by atoms with van der Waals surface area (Å²) in [7, 11) is 0. The Balaban J connectivity index is 1.79. The van der Waals surface area contributed by atoms with Gasteiger partial charge in [-0.15, -0.1) is 10.2 Å². The lowest BCUT2D eigenvalue weighted by Gasteiger charge is -2.15. The van der Waals surface area contributed by atoms with Crippen LogP contribution in [0.2, 0.25) is 10.0 Å². The minimum absolute atomic E-state index is 0.0810. The van der Waals surface area contributed by atoms with E-state index >= 15 is 0 Å². The van der Waals surface area contributed by atoms with E-state index in [2.05, 4.69) is 20.2 Å². The average Bonchev–Trinajstić information content (AvgIpc) is 3.40. The Bertz CT molecular complexity index is 1500. The van der Waals surface area contributed by atoms with E-state index in [1.54, 1.807) is 0 Å². The van der Waals surface area contributed by atoms with E-state index < -0.39 is 43.4 Å². The summed E-state index contributed by atoms with van der Waals surface area (Å²) in [5, 5.41) is 18.5. The number of aromatic nitrogens is 7. The minimum atomic E-state index is -4.97. The van der Waals surface area contributed by atoms with Crippen molar-refractivity contribution in [2.24, 2.45) is 5.73 Å². The summed E-state index contributed by atoms with van der Waals surface area (Å²) in [5.74, 6) is -1.02. The first-order chi connectivity index (χ1) is 17.5. The number of nitrogens with two attached hydrogens (primary N) is 1. The molecule has 0 saturated heterocycles. The lowest BCUT2D eigenvalue weighted by molar-refractivity contribution is -0.207. The summed E-state index contributed by atoms with van der Waals surface area (Å²) in [5.41, 5.74) is 4.99. The van der Waals surface area contributed by atoms with Crippen molar-refractivity contribution in [2.75, 3.05) is 6.54 Å². The standard InChI is InChI=1S/C21H17Cl2F3N8O3/c22-12-3-1-11(2-4-12)18-31-33(20(37)32(18)9-16(36)21(24,25)26)10-17-29-19(15(35)7-27)34(30-17)14-8-28-6-5-13(14)23/h1-6,8,16,36H,7,9-10,27H2/t16-/m0/s1. The molecule has 3 aromatic heterocycles. The van der Waals surface area contributed by atoms with Gasteiger partial charge in [0.25, 0.3) is 0 Å². The summed E-state index contributed by atoms with van der Waals surface area (Å²) >= 11 is 12.1. The van der Waals surface area contributed by atoms with E-state index in [0.29, 0.717) is 9.59 Å². The van der Waals surface area contributed by atoms with Gasteiger partial charge >= 0.3 is 11.9 Å². The third kappa shape index (κ3) is 5.56. The molecule has 11 nitrogen and oxygen atoms in total. The molecule has 4 rings (SSSR count). The van der Waals surface area contributed by atoms with Gasteiger partial charge in [0, 0.05) is 16.8 Å². The predicted molar refractivity (Wildman–Crippen MR) is 126 cm³/mol. The van der Waals surface area contributed by atoms with Crippen LogP contribution >= 0.6 is 23.2 Å². The summed E-state index contributed by atoms with van der Waals surface area (Å²) < 4.78 is 41.8. The van der Waals surface area contributed by atoms with Crippen LogP contribution in [0.25, 0.3) is 17.1 Å². The van der Waals surface area contributed by atoms with Gasteiger partial charge in [-0.25, -0.2) is 19.1 Å². The Morgan fingerprint density at radius 1 is 1.14 bits per heavy atom. The van der Waals surface area contributed by atoms with Crippen molar-refractivity contribution in [3.8, 4) is 17.1 Å². The van der Waals surface area contributed by atoms with E-state index in [4.69, 9.17) is 28.9 Å². The molecule has 37 heavy (non-hydrogen) atoms. The molecule has 0 fully saturated rings. The molecule has 3 heterocycles. The van der Waals surface area contributed by atoms with Crippen LogP contribution in [0.3, 0.4) is 0 Å². The highest BCUT2D eigenvalue weighted by atomic mass is 35.5. The van der Waals surface area contributed by atoms with Gasteiger partial charge in [0.2, 0.25) is 11.6 Å². The Morgan fingerprint density at radius 3 is 2.46 bits per heavy atom. The van der Waals surface area contributed by atoms with E-state index in [1.165, 1.54) is 42.7 Å². The Kier molecular flexibility index (Phi) is 7.45. The second-order valence-electron chi connectivity index (χ2n) is 7.66. The number of carbonyl (C=O) groups is 1. The summed E-state index contributed by atoms with van der Waals surface area (Å²) in [6, 6.07) is 7.32. The predicted octanol–water partition coefficient (Wildman–Crippen LogP) is 2.11. The number of hydrogen-bond donors (Lipinski definition) is 2. The van der Waals surface area contributed by atoms with E-state index in [0.717, 1.165) is 9.36 Å². The van der Waals surface area contributed by atoms with Crippen molar-refractivity contribution in [3.05, 3.63) is 74.9 Å². The third-order valence-electron chi connectivity index (χ3n) is 5.11. The second-order valence-corrected chi connectivity index (χ2v) is 8.50. The fourth-order valence-corrected chi connectivity index (χ4v) is 3.63. The van der Waals surface area contributed by atoms with Crippen LogP contribution in [0.1, 0.15) is 16.4 Å². The molecule has 16 heteroatoms. The van der Waals surface area contributed by atoms with Crippen molar-refractivity contribution in [1.82, 2.24) is 34.1 Å². The van der Waals surface area contributed by atoms with Gasteiger partial charge in [-0.05, 0) is 30.3 Å². The number of rotatable bonds is 8. The average molecular weight is 557 g/mol. The monoisotopic (exact) mass is 556 g/mol. The van der Waals surface area contributed by atoms with Crippen molar-refractivity contribution >= 4 is 29.0 Å². The maximum Gasteiger partial charge on any atom is 0.416 e. The molecule has 1 atom stereocenters. The number of halogens is 5. The van der Waals surface area contributed by atoms with E-state index in [9.17, 15) is 27.9 Å². The zero-order chi connectivity index (χ0) is 26.9. The summed E-state index contributed by atoms with van der Waals surface area (Å²) in [4.78, 5) is 33.6. The number of benzene rings is 1. The molecule has 0 radical (unpaired) electrons.